The van der Waals surface area contributed by atoms with Gasteiger partial charge in [-0.25, -0.2) is 4.98 Å². The van der Waals surface area contributed by atoms with Crippen molar-refractivity contribution in [1.29, 1.82) is 0 Å². The highest BCUT2D eigenvalue weighted by Crippen LogP contribution is 2.18. The third-order valence-electron chi connectivity index (χ3n) is 4.69. The van der Waals surface area contributed by atoms with Crippen LogP contribution in [0.5, 0.6) is 0 Å². The number of hydrogen-bond donors (Lipinski definition) is 2. The second-order valence-electron chi connectivity index (χ2n) is 6.79. The first-order chi connectivity index (χ1) is 12.1. The molecule has 1 aliphatic rings. The van der Waals surface area contributed by atoms with Gasteiger partial charge in [0.15, 0.2) is 0 Å². The van der Waals surface area contributed by atoms with Crippen LogP contribution in [0.25, 0.3) is 0 Å². The smallest absolute Gasteiger partial charge is 0.271 e. The number of aromatic nitrogens is 1. The van der Waals surface area contributed by atoms with Gasteiger partial charge in [-0.1, -0.05) is 31.2 Å². The van der Waals surface area contributed by atoms with Gasteiger partial charge in [0.1, 0.15) is 10.7 Å². The van der Waals surface area contributed by atoms with E-state index in [1.54, 1.807) is 5.38 Å². The lowest BCUT2D eigenvalue weighted by molar-refractivity contribution is 0.0946. The maximum absolute atomic E-state index is 12.2. The third-order valence-corrected chi connectivity index (χ3v) is 5.56. The first kappa shape index (κ1) is 23.9. The number of benzene rings is 1. The molecule has 3 rings (SSSR count). The molecule has 8 heteroatoms. The number of nitrogens with zero attached hydrogens (tertiary/aromatic N) is 2. The van der Waals surface area contributed by atoms with E-state index in [-0.39, 0.29) is 30.7 Å². The fourth-order valence-corrected chi connectivity index (χ4v) is 3.75. The summed E-state index contributed by atoms with van der Waals surface area (Å²) < 4.78 is 0. The van der Waals surface area contributed by atoms with Crippen molar-refractivity contribution >= 4 is 42.1 Å². The lowest BCUT2D eigenvalue weighted by Gasteiger charge is -2.30. The van der Waals surface area contributed by atoms with Crippen LogP contribution >= 0.6 is 36.2 Å². The van der Waals surface area contributed by atoms with E-state index in [0.29, 0.717) is 18.8 Å². The lowest BCUT2D eigenvalue weighted by Crippen LogP contribution is -2.32. The highest BCUT2D eigenvalue weighted by atomic mass is 35.5. The second-order valence-corrected chi connectivity index (χ2v) is 7.73. The molecule has 0 aliphatic carbocycles. The highest BCUT2D eigenvalue weighted by Gasteiger charge is 2.16. The summed E-state index contributed by atoms with van der Waals surface area (Å²) in [6.07, 6.45) is 2.57. The van der Waals surface area contributed by atoms with Gasteiger partial charge in [0.05, 0.1) is 0 Å². The molecule has 150 valence electrons. The number of piperidine rings is 1. The Hall–Kier alpha value is -1.18. The van der Waals surface area contributed by atoms with Crippen LogP contribution in [-0.4, -0.2) is 28.9 Å². The molecule has 1 fully saturated rings. The monoisotopic (exact) mass is 430 g/mol. The van der Waals surface area contributed by atoms with Crippen LogP contribution in [0.1, 0.15) is 46.4 Å². The highest BCUT2D eigenvalue weighted by molar-refractivity contribution is 7.09. The average Bonchev–Trinajstić information content (AvgIpc) is 3.11. The van der Waals surface area contributed by atoms with Gasteiger partial charge in [-0.15, -0.1) is 36.2 Å². The molecule has 5 nitrogen and oxygen atoms in total. The predicted molar refractivity (Wildman–Crippen MR) is 116 cm³/mol. The largest absolute Gasteiger partial charge is 0.347 e. The van der Waals surface area contributed by atoms with Gasteiger partial charge in [0.25, 0.3) is 5.91 Å². The summed E-state index contributed by atoms with van der Waals surface area (Å²) >= 11 is 1.42. The van der Waals surface area contributed by atoms with Gasteiger partial charge in [-0.05, 0) is 43.0 Å². The third kappa shape index (κ3) is 7.05. The molecule has 0 spiro atoms. The number of halogens is 2. The summed E-state index contributed by atoms with van der Waals surface area (Å²) in [7, 11) is 0. The van der Waals surface area contributed by atoms with Crippen LogP contribution in [-0.2, 0) is 19.6 Å². The molecule has 27 heavy (non-hydrogen) atoms. The summed E-state index contributed by atoms with van der Waals surface area (Å²) in [5.74, 6) is 0.703. The SMILES string of the molecule is CC1CCN(Cc2cccc(CNC(=O)c3csc(CN)n3)c2)CC1.Cl.Cl. The van der Waals surface area contributed by atoms with Gasteiger partial charge in [-0.3, -0.25) is 9.69 Å². The minimum Gasteiger partial charge on any atom is -0.347 e. The van der Waals surface area contributed by atoms with Crippen molar-refractivity contribution in [2.24, 2.45) is 11.7 Å². The lowest BCUT2D eigenvalue weighted by atomic mass is 9.98. The maximum atomic E-state index is 12.2. The molecule has 0 atom stereocenters. The Bertz CT molecular complexity index is 717. The zero-order valence-corrected chi connectivity index (χ0v) is 18.0. The predicted octanol–water partition coefficient (Wildman–Crippen LogP) is 3.61. The quantitative estimate of drug-likeness (QED) is 0.733. The Morgan fingerprint density at radius 3 is 2.67 bits per heavy atom. The maximum Gasteiger partial charge on any atom is 0.271 e. The van der Waals surface area contributed by atoms with E-state index in [0.717, 1.165) is 23.0 Å². The van der Waals surface area contributed by atoms with E-state index in [2.05, 4.69) is 46.4 Å². The molecular formula is C19H28Cl2N4OS. The standard InChI is InChI=1S/C19H26N4OS.2ClH/c1-14-5-7-23(8-6-14)12-16-4-2-3-15(9-16)11-21-19(24)17-13-25-18(10-20)22-17;;/h2-4,9,13-14H,5-8,10-12,20H2,1H3,(H,21,24);2*1H. The van der Waals surface area contributed by atoms with Crippen molar-refractivity contribution in [3.63, 3.8) is 0 Å². The molecular weight excluding hydrogens is 403 g/mol. The van der Waals surface area contributed by atoms with E-state index in [9.17, 15) is 4.79 Å². The second kappa shape index (κ2) is 11.6. The van der Waals surface area contributed by atoms with Crippen LogP contribution in [0.4, 0.5) is 0 Å². The van der Waals surface area contributed by atoms with Crippen LogP contribution in [0.3, 0.4) is 0 Å². The van der Waals surface area contributed by atoms with Gasteiger partial charge >= 0.3 is 0 Å². The summed E-state index contributed by atoms with van der Waals surface area (Å²) in [4.78, 5) is 18.9. The summed E-state index contributed by atoms with van der Waals surface area (Å²) in [6.45, 7) is 6.55. The number of amides is 1. The molecule has 2 aromatic rings. The summed E-state index contributed by atoms with van der Waals surface area (Å²) in [5, 5.41) is 5.48. The fourth-order valence-electron chi connectivity index (χ4n) is 3.10. The van der Waals surface area contributed by atoms with Crippen molar-refractivity contribution < 1.29 is 4.79 Å². The Labute approximate surface area is 177 Å². The molecule has 0 saturated carbocycles. The zero-order valence-electron chi connectivity index (χ0n) is 15.5. The first-order valence-electron chi connectivity index (χ1n) is 8.87. The van der Waals surface area contributed by atoms with E-state index in [1.807, 2.05) is 0 Å². The van der Waals surface area contributed by atoms with Crippen molar-refractivity contribution in [1.82, 2.24) is 15.2 Å². The number of nitrogens with two attached hydrogens (primary N) is 1. The normalized spacial score (nSPS) is 14.9. The Morgan fingerprint density at radius 1 is 1.30 bits per heavy atom. The molecule has 1 amide bonds. The van der Waals surface area contributed by atoms with E-state index in [4.69, 9.17) is 5.73 Å². The number of carbonyl (C=O) groups is 1. The van der Waals surface area contributed by atoms with Gasteiger partial charge in [-0.2, -0.15) is 0 Å². The molecule has 3 N–H and O–H groups in total. The average molecular weight is 431 g/mol. The van der Waals surface area contributed by atoms with Crippen molar-refractivity contribution in [3.05, 3.63) is 51.5 Å². The summed E-state index contributed by atoms with van der Waals surface area (Å²) in [5.41, 5.74) is 8.41. The number of rotatable bonds is 6. The molecule has 1 aromatic carbocycles. The molecule has 1 aromatic heterocycles. The summed E-state index contributed by atoms with van der Waals surface area (Å²) in [6, 6.07) is 8.47. The van der Waals surface area contributed by atoms with Crippen LogP contribution in [0.15, 0.2) is 29.6 Å². The van der Waals surface area contributed by atoms with Crippen molar-refractivity contribution in [3.8, 4) is 0 Å². The number of hydrogen-bond acceptors (Lipinski definition) is 5. The van der Waals surface area contributed by atoms with Gasteiger partial charge in [0, 0.05) is 25.0 Å². The van der Waals surface area contributed by atoms with E-state index < -0.39 is 0 Å². The van der Waals surface area contributed by atoms with Gasteiger partial charge < -0.3 is 11.1 Å². The van der Waals surface area contributed by atoms with E-state index >= 15 is 0 Å². The molecule has 1 aliphatic heterocycles. The topological polar surface area (TPSA) is 71.2 Å². The molecule has 0 radical (unpaired) electrons. The Morgan fingerprint density at radius 2 is 2.00 bits per heavy atom. The number of carbonyl (C=O) groups excluding carboxylic acids is 1. The van der Waals surface area contributed by atoms with Crippen LogP contribution in [0.2, 0.25) is 0 Å². The van der Waals surface area contributed by atoms with Crippen LogP contribution in [0, 0.1) is 5.92 Å². The molecule has 1 saturated heterocycles. The van der Waals surface area contributed by atoms with E-state index in [1.165, 1.54) is 42.8 Å². The van der Waals surface area contributed by atoms with Gasteiger partial charge in [0.2, 0.25) is 0 Å². The first-order valence-corrected chi connectivity index (χ1v) is 9.75. The van der Waals surface area contributed by atoms with Crippen LogP contribution < -0.4 is 11.1 Å². The number of thiazole rings is 1. The molecule has 0 unspecified atom stereocenters. The zero-order chi connectivity index (χ0) is 17.6. The Balaban J connectivity index is 0.00000182. The molecule has 0 bridgehead atoms. The Kier molecular flexibility index (Phi) is 10.3. The molecule has 2 heterocycles. The van der Waals surface area contributed by atoms with Crippen molar-refractivity contribution in [2.75, 3.05) is 13.1 Å². The fraction of sp³-hybridized carbons (Fsp3) is 0.474. The minimum absolute atomic E-state index is 0. The minimum atomic E-state index is -0.147. The van der Waals surface area contributed by atoms with Crippen molar-refractivity contribution in [2.45, 2.75) is 39.4 Å². The number of nitrogens with one attached hydrogen (secondary N) is 1. The number of likely N-dealkylation sites (tertiary alicyclic amines) is 1.